The van der Waals surface area contributed by atoms with Crippen LogP contribution >= 0.6 is 0 Å². The van der Waals surface area contributed by atoms with Crippen LogP contribution in [0.15, 0.2) is 60.7 Å². The third kappa shape index (κ3) is 3.43. The largest absolute Gasteiger partial charge is 0.365 e. The Balaban J connectivity index is 1.59. The Kier molecular flexibility index (Phi) is 4.37. The molecule has 1 aliphatic rings. The molecule has 128 valence electrons. The van der Waals surface area contributed by atoms with Gasteiger partial charge in [0.2, 0.25) is 0 Å². The van der Waals surface area contributed by atoms with Crippen molar-refractivity contribution in [2.75, 3.05) is 11.4 Å². The van der Waals surface area contributed by atoms with Gasteiger partial charge < -0.3 is 4.90 Å². The first-order valence-corrected chi connectivity index (χ1v) is 8.68. The highest BCUT2D eigenvalue weighted by atomic mass is 19.1. The Labute approximate surface area is 152 Å². The van der Waals surface area contributed by atoms with E-state index >= 15 is 0 Å². The van der Waals surface area contributed by atoms with Crippen molar-refractivity contribution in [3.63, 3.8) is 0 Å². The third-order valence-electron chi connectivity index (χ3n) is 4.72. The molecular formula is C22H18FN3. The van der Waals surface area contributed by atoms with Gasteiger partial charge in [-0.25, -0.2) is 4.39 Å². The number of pyridine rings is 1. The van der Waals surface area contributed by atoms with Crippen molar-refractivity contribution in [1.29, 1.82) is 5.26 Å². The topological polar surface area (TPSA) is 39.9 Å². The molecule has 0 fully saturated rings. The van der Waals surface area contributed by atoms with E-state index in [1.54, 1.807) is 6.07 Å². The number of hydrogen-bond donors (Lipinski definition) is 0. The summed E-state index contributed by atoms with van der Waals surface area (Å²) < 4.78 is 13.8. The molecule has 0 radical (unpaired) electrons. The highest BCUT2D eigenvalue weighted by molar-refractivity contribution is 5.53. The van der Waals surface area contributed by atoms with Gasteiger partial charge in [-0.15, -0.1) is 0 Å². The van der Waals surface area contributed by atoms with E-state index in [-0.39, 0.29) is 5.82 Å². The lowest BCUT2D eigenvalue weighted by molar-refractivity contribution is 0.624. The molecule has 4 rings (SSSR count). The number of anilines is 1. The van der Waals surface area contributed by atoms with E-state index in [9.17, 15) is 4.39 Å². The number of fused-ring (bicyclic) bond motifs is 1. The number of nitriles is 1. The molecule has 2 heterocycles. The van der Waals surface area contributed by atoms with Crippen LogP contribution in [0.3, 0.4) is 0 Å². The summed E-state index contributed by atoms with van der Waals surface area (Å²) in [6, 6.07) is 21.0. The summed E-state index contributed by atoms with van der Waals surface area (Å²) in [6.45, 7) is 1.42. The van der Waals surface area contributed by atoms with Gasteiger partial charge in [0.05, 0.1) is 23.9 Å². The molecule has 2 aromatic carbocycles. The molecule has 3 aromatic rings. The minimum absolute atomic E-state index is 0.344. The van der Waals surface area contributed by atoms with Crippen LogP contribution in [-0.4, -0.2) is 11.5 Å². The lowest BCUT2D eigenvalue weighted by Crippen LogP contribution is -2.31. The smallest absolute Gasteiger partial charge is 0.126 e. The maximum absolute atomic E-state index is 13.8. The highest BCUT2D eigenvalue weighted by Crippen LogP contribution is 2.25. The van der Waals surface area contributed by atoms with E-state index in [2.05, 4.69) is 29.2 Å². The molecule has 3 nitrogen and oxygen atoms in total. The first kappa shape index (κ1) is 16.3. The van der Waals surface area contributed by atoms with Gasteiger partial charge in [-0.05, 0) is 41.8 Å². The maximum atomic E-state index is 13.8. The predicted octanol–water partition coefficient (Wildman–Crippen LogP) is 4.25. The molecule has 26 heavy (non-hydrogen) atoms. The fraction of sp³-hybridized carbons (Fsp3) is 0.182. The van der Waals surface area contributed by atoms with Gasteiger partial charge in [0.15, 0.2) is 0 Å². The molecule has 0 atom stereocenters. The van der Waals surface area contributed by atoms with Gasteiger partial charge in [0.25, 0.3) is 0 Å². The van der Waals surface area contributed by atoms with E-state index in [1.807, 2.05) is 24.3 Å². The summed E-state index contributed by atoms with van der Waals surface area (Å²) in [5.74, 6) is -0.379. The summed E-state index contributed by atoms with van der Waals surface area (Å²) in [5, 5.41) is 9.07. The van der Waals surface area contributed by atoms with Crippen LogP contribution in [0, 0.1) is 17.1 Å². The Hall–Kier alpha value is -3.19. The van der Waals surface area contributed by atoms with E-state index in [1.165, 1.54) is 23.3 Å². The first-order chi connectivity index (χ1) is 12.7. The van der Waals surface area contributed by atoms with E-state index in [0.717, 1.165) is 36.5 Å². The molecular weight excluding hydrogens is 325 g/mol. The van der Waals surface area contributed by atoms with Crippen LogP contribution in [0.5, 0.6) is 0 Å². The summed E-state index contributed by atoms with van der Waals surface area (Å²) in [7, 11) is 0. The van der Waals surface area contributed by atoms with Crippen molar-refractivity contribution >= 4 is 5.69 Å². The van der Waals surface area contributed by atoms with Gasteiger partial charge in [-0.1, -0.05) is 36.4 Å². The fourth-order valence-electron chi connectivity index (χ4n) is 3.40. The summed E-state index contributed by atoms with van der Waals surface area (Å²) in [5.41, 5.74) is 5.63. The number of benzene rings is 2. The van der Waals surface area contributed by atoms with Crippen LogP contribution in [0.4, 0.5) is 10.1 Å². The van der Waals surface area contributed by atoms with Crippen molar-refractivity contribution in [3.05, 3.63) is 94.6 Å². The highest BCUT2D eigenvalue weighted by Gasteiger charge is 2.19. The van der Waals surface area contributed by atoms with Crippen molar-refractivity contribution < 1.29 is 4.39 Å². The van der Waals surface area contributed by atoms with E-state index in [0.29, 0.717) is 12.1 Å². The molecule has 4 heteroatoms. The van der Waals surface area contributed by atoms with Crippen molar-refractivity contribution in [1.82, 2.24) is 4.98 Å². The first-order valence-electron chi connectivity index (χ1n) is 8.68. The molecule has 1 aliphatic heterocycles. The second-order valence-corrected chi connectivity index (χ2v) is 6.55. The monoisotopic (exact) mass is 343 g/mol. The SMILES string of the molecule is N#Cc1cc(F)cc(N2CCc3ccc(Cc4ccccc4)nc3C2)c1. The normalized spacial score (nSPS) is 13.2. The van der Waals surface area contributed by atoms with Crippen molar-refractivity contribution in [2.24, 2.45) is 0 Å². The summed E-state index contributed by atoms with van der Waals surface area (Å²) >= 11 is 0. The molecule has 0 amide bonds. The van der Waals surface area contributed by atoms with Crippen LogP contribution in [0.2, 0.25) is 0 Å². The van der Waals surface area contributed by atoms with Gasteiger partial charge in [0.1, 0.15) is 5.82 Å². The zero-order chi connectivity index (χ0) is 17.9. The number of rotatable bonds is 3. The Morgan fingerprint density at radius 1 is 1.08 bits per heavy atom. The Morgan fingerprint density at radius 3 is 2.73 bits per heavy atom. The second-order valence-electron chi connectivity index (χ2n) is 6.55. The second kappa shape index (κ2) is 6.97. The molecule has 0 unspecified atom stereocenters. The quantitative estimate of drug-likeness (QED) is 0.714. The standard InChI is InChI=1S/C22H18FN3/c23-19-10-17(14-24)12-21(13-19)26-9-8-18-6-7-20(25-22(18)15-26)11-16-4-2-1-3-5-16/h1-7,10,12-13H,8-9,11,15H2. The van der Waals surface area contributed by atoms with Gasteiger partial charge in [-0.3, -0.25) is 4.98 Å². The molecule has 0 bridgehead atoms. The number of nitrogens with zero attached hydrogens (tertiary/aromatic N) is 3. The Bertz CT molecular complexity index is 976. The average Bonchev–Trinajstić information content (AvgIpc) is 2.67. The maximum Gasteiger partial charge on any atom is 0.126 e. The van der Waals surface area contributed by atoms with Gasteiger partial charge >= 0.3 is 0 Å². The number of halogens is 1. The third-order valence-corrected chi connectivity index (χ3v) is 4.72. The van der Waals surface area contributed by atoms with Gasteiger partial charge in [-0.2, -0.15) is 5.26 Å². The van der Waals surface area contributed by atoms with Crippen molar-refractivity contribution in [2.45, 2.75) is 19.4 Å². The van der Waals surface area contributed by atoms with Crippen LogP contribution in [0.1, 0.15) is 28.1 Å². The zero-order valence-electron chi connectivity index (χ0n) is 14.3. The van der Waals surface area contributed by atoms with Gasteiger partial charge in [0, 0.05) is 24.3 Å². The molecule has 0 saturated carbocycles. The molecule has 0 spiro atoms. The van der Waals surface area contributed by atoms with Crippen LogP contribution in [0.25, 0.3) is 0 Å². The minimum atomic E-state index is -0.379. The summed E-state index contributed by atoms with van der Waals surface area (Å²) in [4.78, 5) is 6.94. The fourth-order valence-corrected chi connectivity index (χ4v) is 3.40. The molecule has 0 saturated heterocycles. The molecule has 0 aliphatic carbocycles. The van der Waals surface area contributed by atoms with Crippen LogP contribution in [-0.2, 0) is 19.4 Å². The lowest BCUT2D eigenvalue weighted by Gasteiger charge is -2.30. The van der Waals surface area contributed by atoms with Crippen molar-refractivity contribution in [3.8, 4) is 6.07 Å². The Morgan fingerprint density at radius 2 is 1.92 bits per heavy atom. The predicted molar refractivity (Wildman–Crippen MR) is 99.4 cm³/mol. The van der Waals surface area contributed by atoms with Crippen LogP contribution < -0.4 is 4.90 Å². The lowest BCUT2D eigenvalue weighted by atomic mass is 10.0. The van der Waals surface area contributed by atoms with E-state index in [4.69, 9.17) is 10.2 Å². The number of aromatic nitrogens is 1. The summed E-state index contributed by atoms with van der Waals surface area (Å²) in [6.07, 6.45) is 1.67. The minimum Gasteiger partial charge on any atom is -0.365 e. The zero-order valence-corrected chi connectivity index (χ0v) is 14.3. The molecule has 0 N–H and O–H groups in total. The number of hydrogen-bond acceptors (Lipinski definition) is 3. The average molecular weight is 343 g/mol. The van der Waals surface area contributed by atoms with E-state index < -0.39 is 0 Å². The molecule has 1 aromatic heterocycles.